The first-order valence-corrected chi connectivity index (χ1v) is 15.3. The molecule has 0 atom stereocenters. The molecular weight excluding hydrogens is 478 g/mol. The summed E-state index contributed by atoms with van der Waals surface area (Å²) >= 11 is -3.58. The molecule has 0 spiro atoms. The van der Waals surface area contributed by atoms with E-state index in [0.717, 1.165) is 9.72 Å². The molecule has 1 aromatic carbocycles. The van der Waals surface area contributed by atoms with Crippen molar-refractivity contribution in [2.75, 3.05) is 19.0 Å². The Balaban J connectivity index is 0.00000101. The molecule has 0 unspecified atom stereocenters. The van der Waals surface area contributed by atoms with Crippen LogP contribution in [0, 0.1) is 0 Å². The van der Waals surface area contributed by atoms with Gasteiger partial charge in [-0.3, -0.25) is 0 Å². The summed E-state index contributed by atoms with van der Waals surface area (Å²) in [6.07, 6.45) is 0. The molecule has 0 aromatic heterocycles. The van der Waals surface area contributed by atoms with Crippen LogP contribution in [0.3, 0.4) is 0 Å². The van der Waals surface area contributed by atoms with Crippen LogP contribution < -0.4 is 8.94 Å². The van der Waals surface area contributed by atoms with Crippen LogP contribution in [0.25, 0.3) is 0 Å². The number of hydrogen-bond donors (Lipinski definition) is 3. The second kappa shape index (κ2) is 7.78. The van der Waals surface area contributed by atoms with E-state index < -0.39 is 20.1 Å². The third-order valence-corrected chi connectivity index (χ3v) is 23.7. The molecule has 0 saturated heterocycles. The minimum Gasteiger partial charge on any atom is -0.303 e. The Bertz CT molecular complexity index is 605. The van der Waals surface area contributed by atoms with E-state index in [1.165, 1.54) is 0 Å². The molecule has 0 aliphatic carbocycles. The van der Waals surface area contributed by atoms with E-state index in [2.05, 4.69) is 70.7 Å². The summed E-state index contributed by atoms with van der Waals surface area (Å²) in [4.78, 5) is 23.6. The fourth-order valence-corrected chi connectivity index (χ4v) is 10.5. The Labute approximate surface area is 160 Å². The summed E-state index contributed by atoms with van der Waals surface area (Å²) in [6, 6.07) is 8.44. The molecule has 0 radical (unpaired) electrons. The number of anilines is 1. The van der Waals surface area contributed by atoms with Gasteiger partial charge in [0, 0.05) is 0 Å². The van der Waals surface area contributed by atoms with E-state index in [-0.39, 0.29) is 7.78 Å². The van der Waals surface area contributed by atoms with Gasteiger partial charge in [-0.05, 0) is 0 Å². The largest absolute Gasteiger partial charge is 0.466 e. The van der Waals surface area contributed by atoms with E-state index in [1.54, 1.807) is 0 Å². The number of halogens is 2. The van der Waals surface area contributed by atoms with Crippen molar-refractivity contribution in [2.24, 2.45) is 0 Å². The fraction of sp³-hybridized carbons (Fsp3) is 0.625. The minimum atomic E-state index is -4.64. The van der Waals surface area contributed by atoms with Crippen molar-refractivity contribution in [1.29, 1.82) is 0 Å². The zero-order valence-corrected chi connectivity index (χ0v) is 20.0. The van der Waals surface area contributed by atoms with Gasteiger partial charge in [-0.25, -0.2) is 4.57 Å². The van der Waals surface area contributed by atoms with Crippen molar-refractivity contribution in [1.82, 2.24) is 0 Å². The molecule has 0 bridgehead atoms. The van der Waals surface area contributed by atoms with Crippen molar-refractivity contribution < 1.29 is 31.5 Å². The molecule has 0 fully saturated rings. The Hall–Kier alpha value is 0.372. The van der Waals surface area contributed by atoms with Crippen molar-refractivity contribution in [3.05, 3.63) is 24.3 Å². The van der Waals surface area contributed by atoms with Crippen molar-refractivity contribution in [2.45, 2.75) is 49.3 Å². The summed E-state index contributed by atoms with van der Waals surface area (Å²) in [5, 5.41) is 0. The molecule has 0 heterocycles. The molecule has 5 nitrogen and oxygen atoms in total. The predicted molar refractivity (Wildman–Crippen MR) is 106 cm³/mol. The number of benzene rings is 1. The van der Waals surface area contributed by atoms with Gasteiger partial charge in [0.05, 0.1) is 0 Å². The summed E-state index contributed by atoms with van der Waals surface area (Å²) < 4.78 is 9.67. The van der Waals surface area contributed by atoms with Gasteiger partial charge in [0.25, 0.3) is 0 Å². The first-order chi connectivity index (χ1) is 10.7. The summed E-state index contributed by atoms with van der Waals surface area (Å²) in [5.74, 6) is 0. The van der Waals surface area contributed by atoms with E-state index in [1.807, 2.05) is 14.1 Å². The zero-order chi connectivity index (χ0) is 20.5. The fourth-order valence-electron chi connectivity index (χ4n) is 2.17. The maximum Gasteiger partial charge on any atom is 0.466 e. The van der Waals surface area contributed by atoms with Crippen LogP contribution in [0.5, 0.6) is 0 Å². The molecule has 0 aliphatic rings. The normalized spacial score (nSPS) is 14.8. The average molecular weight is 510 g/mol. The van der Waals surface area contributed by atoms with Gasteiger partial charge >= 0.3 is 141 Å². The molecule has 1 aromatic rings. The maximum atomic E-state index is 8.88. The van der Waals surface area contributed by atoms with Gasteiger partial charge in [0.1, 0.15) is 0 Å². The summed E-state index contributed by atoms with van der Waals surface area (Å²) in [5.41, 5.74) is 1.16. The third-order valence-electron chi connectivity index (χ3n) is 3.31. The van der Waals surface area contributed by atoms with Crippen LogP contribution in [0.15, 0.2) is 24.3 Å². The smallest absolute Gasteiger partial charge is 0.303 e. The Morgan fingerprint density at radius 1 is 0.880 bits per heavy atom. The molecule has 25 heavy (non-hydrogen) atoms. The number of phosphoric acid groups is 1. The van der Waals surface area contributed by atoms with Gasteiger partial charge in [-0.15, -0.1) is 0 Å². The molecule has 0 aliphatic heterocycles. The predicted octanol–water partition coefficient (Wildman–Crippen LogP) is 4.88. The first-order valence-electron chi connectivity index (χ1n) is 7.44. The van der Waals surface area contributed by atoms with Crippen molar-refractivity contribution in [3.8, 4) is 0 Å². The van der Waals surface area contributed by atoms with Crippen LogP contribution >= 0.6 is 26.9 Å². The number of nitrogens with zero attached hydrogens (tertiary/aromatic N) is 1. The van der Waals surface area contributed by atoms with Gasteiger partial charge in [-0.2, -0.15) is 0 Å². The van der Waals surface area contributed by atoms with E-state index >= 15 is 0 Å². The first kappa shape index (κ1) is 25.4. The van der Waals surface area contributed by atoms with Crippen LogP contribution in [0.4, 0.5) is 5.69 Å². The monoisotopic (exact) mass is 508 g/mol. The van der Waals surface area contributed by atoms with Crippen LogP contribution in [-0.4, -0.2) is 28.8 Å². The molecule has 3 N–H and O–H groups in total. The quantitative estimate of drug-likeness (QED) is 0.391. The van der Waals surface area contributed by atoms with E-state index in [9.17, 15) is 0 Å². The van der Waals surface area contributed by atoms with Crippen molar-refractivity contribution in [3.63, 3.8) is 0 Å². The maximum absolute atomic E-state index is 8.88. The second-order valence-electron chi connectivity index (χ2n) is 7.44. The van der Waals surface area contributed by atoms with Gasteiger partial charge in [0.2, 0.25) is 0 Å². The average Bonchev–Trinajstić information content (AvgIpc) is 2.34. The molecular formula is C16H31Cl2NO4PPd. The van der Waals surface area contributed by atoms with Crippen LogP contribution in [-0.2, 0) is 16.8 Å². The van der Waals surface area contributed by atoms with Crippen LogP contribution in [0.2, 0.25) is 7.78 Å². The number of hydrogen-bond acceptors (Lipinski definition) is 2. The summed E-state index contributed by atoms with van der Waals surface area (Å²) in [7, 11) is 14.1. The third kappa shape index (κ3) is 5.67. The standard InChI is InChI=1S/C8H10N.2C4H9.2ClH.H3O4P.Pd/c1-9(2)8-6-4-3-5-7-8;2*1-4(2)3;;;1-5(2,3)4;/h4-7H,1-2H3;2*1-3H3;2*1H;(H3,1,2,3,4);/q;;;;;;+2/p-2. The number of rotatable bonds is 2. The SMILES string of the molecule is CN(C)c1cc[c]([Pd]([Cl])([Cl])([C](C)(C)C)[C](C)(C)C)cc1.O=P(O)(O)O. The van der Waals surface area contributed by atoms with Gasteiger partial charge < -0.3 is 14.7 Å². The Morgan fingerprint density at radius 2 is 1.16 bits per heavy atom. The van der Waals surface area contributed by atoms with Gasteiger partial charge in [0.15, 0.2) is 0 Å². The van der Waals surface area contributed by atoms with Crippen molar-refractivity contribution >= 4 is 36.6 Å². The van der Waals surface area contributed by atoms with Gasteiger partial charge in [-0.1, -0.05) is 0 Å². The Kier molecular flexibility index (Phi) is 7.89. The molecule has 153 valence electrons. The molecule has 1 rings (SSSR count). The summed E-state index contributed by atoms with van der Waals surface area (Å²) in [6.45, 7) is 13.0. The Morgan fingerprint density at radius 3 is 1.36 bits per heavy atom. The topological polar surface area (TPSA) is 81.0 Å². The van der Waals surface area contributed by atoms with Crippen LogP contribution in [0.1, 0.15) is 41.5 Å². The van der Waals surface area contributed by atoms with E-state index in [0.29, 0.717) is 0 Å². The minimum absolute atomic E-state index is 0.157. The second-order valence-corrected chi connectivity index (χ2v) is 23.6. The molecule has 0 saturated carbocycles. The zero-order valence-electron chi connectivity index (χ0n) is 16.0. The molecule has 0 amide bonds. The van der Waals surface area contributed by atoms with E-state index in [4.69, 9.17) is 38.3 Å². The molecule has 9 heteroatoms.